The van der Waals surface area contributed by atoms with Crippen molar-refractivity contribution < 1.29 is 23.7 Å². The third-order valence-electron chi connectivity index (χ3n) is 5.63. The Hall–Kier alpha value is -3.37. The van der Waals surface area contributed by atoms with E-state index < -0.39 is 12.0 Å². The van der Waals surface area contributed by atoms with Gasteiger partial charge >= 0.3 is 5.97 Å². The van der Waals surface area contributed by atoms with Gasteiger partial charge < -0.3 is 18.9 Å². The monoisotopic (exact) mass is 600 g/mol. The summed E-state index contributed by atoms with van der Waals surface area (Å²) < 4.78 is 25.3. The predicted molar refractivity (Wildman–Crippen MR) is 150 cm³/mol. The van der Waals surface area contributed by atoms with E-state index in [0.717, 1.165) is 10.0 Å². The number of benzene rings is 2. The molecule has 0 aliphatic carbocycles. The Kier molecular flexibility index (Phi) is 8.73. The number of rotatable bonds is 9. The second kappa shape index (κ2) is 12.0. The minimum atomic E-state index is -0.760. The van der Waals surface area contributed by atoms with E-state index in [1.807, 2.05) is 52.0 Å². The quantitative estimate of drug-likeness (QED) is 0.339. The van der Waals surface area contributed by atoms with Crippen LogP contribution >= 0.6 is 27.3 Å². The number of thiazole rings is 1. The molecule has 200 valence electrons. The van der Waals surface area contributed by atoms with Crippen LogP contribution in [0.1, 0.15) is 44.9 Å². The standard InChI is InChI=1S/C28H29BrN2O6S/c1-6-35-22-10-8-17(13-23(22)36-7-2)25-20(27(33)34-5)15-30-28-31(25)26(32)24(38-28)14-18-12-19(29)9-11-21(18)37-16(3)4/h8-16,25H,6-7H2,1-5H3/b24-14+/t25-/m1/s1. The zero-order valence-corrected chi connectivity index (χ0v) is 24.2. The van der Waals surface area contributed by atoms with Crippen LogP contribution in [0.4, 0.5) is 0 Å². The van der Waals surface area contributed by atoms with Gasteiger partial charge in [0.15, 0.2) is 16.3 Å². The lowest BCUT2D eigenvalue weighted by molar-refractivity contribution is -0.136. The molecule has 4 rings (SSSR count). The molecule has 2 heterocycles. The Morgan fingerprint density at radius 1 is 1.11 bits per heavy atom. The molecule has 0 spiro atoms. The normalized spacial score (nSPS) is 15.0. The van der Waals surface area contributed by atoms with E-state index >= 15 is 0 Å². The maximum absolute atomic E-state index is 13.9. The summed E-state index contributed by atoms with van der Waals surface area (Å²) in [6.07, 6.45) is 3.22. The molecule has 0 saturated heterocycles. The Morgan fingerprint density at radius 2 is 1.82 bits per heavy atom. The molecule has 38 heavy (non-hydrogen) atoms. The van der Waals surface area contributed by atoms with Gasteiger partial charge in [0.05, 0.1) is 42.6 Å². The number of halogens is 1. The molecule has 0 bridgehead atoms. The van der Waals surface area contributed by atoms with E-state index in [4.69, 9.17) is 18.9 Å². The van der Waals surface area contributed by atoms with Crippen molar-refractivity contribution in [2.45, 2.75) is 39.8 Å². The van der Waals surface area contributed by atoms with E-state index in [1.165, 1.54) is 29.2 Å². The highest BCUT2D eigenvalue weighted by molar-refractivity contribution is 9.10. The summed E-state index contributed by atoms with van der Waals surface area (Å²) in [5.74, 6) is 1.20. The maximum Gasteiger partial charge on any atom is 0.337 e. The van der Waals surface area contributed by atoms with Crippen molar-refractivity contribution in [1.82, 2.24) is 4.57 Å². The van der Waals surface area contributed by atoms with Crippen LogP contribution in [0.2, 0.25) is 0 Å². The van der Waals surface area contributed by atoms with E-state index in [1.54, 1.807) is 18.2 Å². The summed E-state index contributed by atoms with van der Waals surface area (Å²) in [6, 6.07) is 10.3. The average Bonchev–Trinajstić information content (AvgIpc) is 3.20. The number of carbonyl (C=O) groups excluding carboxylic acids is 1. The van der Waals surface area contributed by atoms with E-state index in [2.05, 4.69) is 20.9 Å². The number of nitrogens with zero attached hydrogens (tertiary/aromatic N) is 2. The highest BCUT2D eigenvalue weighted by atomic mass is 79.9. The topological polar surface area (TPSA) is 88.4 Å². The van der Waals surface area contributed by atoms with Crippen LogP contribution in [0.15, 0.2) is 62.4 Å². The molecule has 0 amide bonds. The minimum Gasteiger partial charge on any atom is -0.490 e. The molecular weight excluding hydrogens is 572 g/mol. The summed E-state index contributed by atoms with van der Waals surface area (Å²) in [4.78, 5) is 31.5. The van der Waals surface area contributed by atoms with Crippen LogP contribution in [0.5, 0.6) is 17.2 Å². The number of hydrogen-bond acceptors (Lipinski definition) is 8. The Balaban J connectivity index is 1.91. The van der Waals surface area contributed by atoms with Crippen molar-refractivity contribution >= 4 is 39.3 Å². The van der Waals surface area contributed by atoms with Gasteiger partial charge in [-0.3, -0.25) is 9.36 Å². The van der Waals surface area contributed by atoms with Gasteiger partial charge in [0.1, 0.15) is 5.75 Å². The first-order valence-corrected chi connectivity index (χ1v) is 13.8. The first-order chi connectivity index (χ1) is 18.3. The van der Waals surface area contributed by atoms with Crippen molar-refractivity contribution in [3.63, 3.8) is 0 Å². The second-order valence-corrected chi connectivity index (χ2v) is 10.5. The SMILES string of the molecule is CCOc1ccc([C@@H]2C(C(=O)OC)=CN=c3s/c(=C/c4cc(Br)ccc4OC(C)C)c(=O)n32)cc1OCC. The molecule has 0 fully saturated rings. The van der Waals surface area contributed by atoms with Crippen LogP contribution in [0.25, 0.3) is 6.08 Å². The lowest BCUT2D eigenvalue weighted by atomic mass is 9.97. The summed E-state index contributed by atoms with van der Waals surface area (Å²) in [5.41, 5.74) is 1.38. The smallest absolute Gasteiger partial charge is 0.337 e. The van der Waals surface area contributed by atoms with Gasteiger partial charge in [-0.25, -0.2) is 9.79 Å². The molecule has 1 aliphatic rings. The number of hydrogen-bond donors (Lipinski definition) is 0. The van der Waals surface area contributed by atoms with Crippen molar-refractivity contribution in [2.75, 3.05) is 20.3 Å². The van der Waals surface area contributed by atoms with Crippen molar-refractivity contribution in [3.05, 3.63) is 83.5 Å². The molecule has 1 atom stereocenters. The Bertz CT molecular complexity index is 1560. The first-order valence-electron chi connectivity index (χ1n) is 12.2. The molecule has 1 aromatic heterocycles. The molecular formula is C28H29BrN2O6S. The van der Waals surface area contributed by atoms with E-state index in [0.29, 0.717) is 45.4 Å². The average molecular weight is 602 g/mol. The fraction of sp³-hybridized carbons (Fsp3) is 0.321. The van der Waals surface area contributed by atoms with Crippen LogP contribution in [-0.2, 0) is 9.53 Å². The number of ether oxygens (including phenoxy) is 4. The van der Waals surface area contributed by atoms with E-state index in [9.17, 15) is 9.59 Å². The van der Waals surface area contributed by atoms with Crippen LogP contribution < -0.4 is 29.1 Å². The molecule has 2 aromatic carbocycles. The van der Waals surface area contributed by atoms with Crippen LogP contribution in [0, 0.1) is 0 Å². The molecule has 1 aliphatic heterocycles. The van der Waals surface area contributed by atoms with Gasteiger partial charge in [-0.1, -0.05) is 33.3 Å². The lowest BCUT2D eigenvalue weighted by Crippen LogP contribution is -2.39. The summed E-state index contributed by atoms with van der Waals surface area (Å²) in [7, 11) is 1.30. The number of esters is 1. The van der Waals surface area contributed by atoms with Gasteiger partial charge in [0, 0.05) is 16.2 Å². The predicted octanol–water partition coefficient (Wildman–Crippen LogP) is 4.37. The second-order valence-electron chi connectivity index (χ2n) is 8.60. The Labute approximate surface area is 233 Å². The van der Waals surface area contributed by atoms with Gasteiger partial charge in [-0.2, -0.15) is 0 Å². The number of carbonyl (C=O) groups is 1. The van der Waals surface area contributed by atoms with E-state index in [-0.39, 0.29) is 17.2 Å². The number of fused-ring (bicyclic) bond motifs is 1. The molecule has 0 N–H and O–H groups in total. The highest BCUT2D eigenvalue weighted by Crippen LogP contribution is 2.35. The zero-order chi connectivity index (χ0) is 27.4. The van der Waals surface area contributed by atoms with Crippen LogP contribution in [0.3, 0.4) is 0 Å². The van der Waals surface area contributed by atoms with Crippen molar-refractivity contribution in [3.8, 4) is 17.2 Å². The maximum atomic E-state index is 13.9. The largest absolute Gasteiger partial charge is 0.490 e. The van der Waals surface area contributed by atoms with Gasteiger partial charge in [-0.15, -0.1) is 0 Å². The van der Waals surface area contributed by atoms with Crippen molar-refractivity contribution in [2.24, 2.45) is 4.99 Å². The van der Waals surface area contributed by atoms with Crippen molar-refractivity contribution in [1.29, 1.82) is 0 Å². The number of aromatic nitrogens is 1. The third-order valence-corrected chi connectivity index (χ3v) is 7.12. The number of methoxy groups -OCH3 is 1. The molecule has 0 unspecified atom stereocenters. The first kappa shape index (κ1) is 27.7. The van der Waals surface area contributed by atoms with Gasteiger partial charge in [0.2, 0.25) is 0 Å². The Morgan fingerprint density at radius 3 is 2.50 bits per heavy atom. The fourth-order valence-corrected chi connectivity index (χ4v) is 5.46. The molecule has 10 heteroatoms. The molecule has 0 saturated carbocycles. The molecule has 8 nitrogen and oxygen atoms in total. The zero-order valence-electron chi connectivity index (χ0n) is 21.8. The highest BCUT2D eigenvalue weighted by Gasteiger charge is 2.31. The minimum absolute atomic E-state index is 0.0358. The molecule has 3 aromatic rings. The summed E-state index contributed by atoms with van der Waals surface area (Å²) >= 11 is 4.74. The molecule has 0 radical (unpaired) electrons. The van der Waals surface area contributed by atoms with Crippen LogP contribution in [-0.4, -0.2) is 37.0 Å². The van der Waals surface area contributed by atoms with Gasteiger partial charge in [0.25, 0.3) is 5.56 Å². The van der Waals surface area contributed by atoms with Gasteiger partial charge in [-0.05, 0) is 69.7 Å². The lowest BCUT2D eigenvalue weighted by Gasteiger charge is -2.23. The third kappa shape index (κ3) is 5.71. The summed E-state index contributed by atoms with van der Waals surface area (Å²) in [6.45, 7) is 8.57. The summed E-state index contributed by atoms with van der Waals surface area (Å²) in [5, 5.41) is 0. The fourth-order valence-electron chi connectivity index (χ4n) is 4.12.